The summed E-state index contributed by atoms with van der Waals surface area (Å²) < 4.78 is 16.2. The topological polar surface area (TPSA) is 55.3 Å². The van der Waals surface area contributed by atoms with Gasteiger partial charge in [-0.05, 0) is 12.5 Å². The van der Waals surface area contributed by atoms with Gasteiger partial charge in [0.1, 0.15) is 5.75 Å². The molecule has 6 nitrogen and oxygen atoms in total. The minimum atomic E-state index is 0.608. The van der Waals surface area contributed by atoms with Crippen molar-refractivity contribution in [2.24, 2.45) is 4.99 Å². The number of guanidine groups is 1. The van der Waals surface area contributed by atoms with Gasteiger partial charge < -0.3 is 24.4 Å². The Balaban J connectivity index is 2.10. The number of rotatable bonds is 6. The molecule has 25 heavy (non-hydrogen) atoms. The Morgan fingerprint density at radius 2 is 1.88 bits per heavy atom. The van der Waals surface area contributed by atoms with Gasteiger partial charge in [0.2, 0.25) is 0 Å². The molecular weight excluding hydrogens is 338 g/mol. The van der Waals surface area contributed by atoms with Crippen molar-refractivity contribution in [2.75, 3.05) is 47.2 Å². The molecule has 7 heteroatoms. The minimum absolute atomic E-state index is 0.608. The third kappa shape index (κ3) is 4.87. The zero-order valence-corrected chi connectivity index (χ0v) is 16.6. The Kier molecular flexibility index (Phi) is 7.55. The number of thioether (sulfide) groups is 1. The van der Waals surface area contributed by atoms with Crippen molar-refractivity contribution in [2.45, 2.75) is 25.1 Å². The van der Waals surface area contributed by atoms with E-state index in [1.165, 1.54) is 6.42 Å². The summed E-state index contributed by atoms with van der Waals surface area (Å²) in [4.78, 5) is 6.78. The number of aliphatic imine (C=N–C) groups is 1. The average Bonchev–Trinajstić information content (AvgIpc) is 2.67. The Morgan fingerprint density at radius 1 is 1.20 bits per heavy atom. The maximum absolute atomic E-state index is 5.50. The van der Waals surface area contributed by atoms with E-state index in [4.69, 9.17) is 14.2 Å². The molecule has 0 aliphatic carbocycles. The van der Waals surface area contributed by atoms with Crippen molar-refractivity contribution in [1.29, 1.82) is 0 Å². The summed E-state index contributed by atoms with van der Waals surface area (Å²) >= 11 is 2.05. The van der Waals surface area contributed by atoms with Crippen LogP contribution in [0.4, 0.5) is 0 Å². The van der Waals surface area contributed by atoms with Gasteiger partial charge in [-0.1, -0.05) is 6.92 Å². The molecule has 1 saturated heterocycles. The maximum Gasteiger partial charge on any atom is 0.193 e. The summed E-state index contributed by atoms with van der Waals surface area (Å²) in [6.45, 7) is 4.90. The summed E-state index contributed by atoms with van der Waals surface area (Å²) in [6, 6.07) is 3.79. The fourth-order valence-electron chi connectivity index (χ4n) is 2.90. The predicted molar refractivity (Wildman–Crippen MR) is 104 cm³/mol. The maximum atomic E-state index is 5.50. The van der Waals surface area contributed by atoms with Gasteiger partial charge in [0.05, 0.1) is 21.3 Å². The van der Waals surface area contributed by atoms with E-state index < -0.39 is 0 Å². The normalized spacial score (nSPS) is 18.0. The number of nitrogens with zero attached hydrogens (tertiary/aromatic N) is 2. The largest absolute Gasteiger partial charge is 0.496 e. The molecule has 1 N–H and O–H groups in total. The molecule has 1 heterocycles. The van der Waals surface area contributed by atoms with Crippen LogP contribution in [0.1, 0.15) is 18.9 Å². The molecule has 0 radical (unpaired) electrons. The van der Waals surface area contributed by atoms with Crippen LogP contribution in [0.5, 0.6) is 17.2 Å². The first-order chi connectivity index (χ1) is 12.2. The van der Waals surface area contributed by atoms with Crippen LogP contribution in [0, 0.1) is 0 Å². The second-order valence-electron chi connectivity index (χ2n) is 5.77. The fraction of sp³-hybridized carbons (Fsp3) is 0.611. The standard InChI is InChI=1S/C18H29N3O3S/c1-6-14-12-21(7-8-25-14)18(19-2)20-11-13-9-16(23-4)17(24-5)10-15(13)22-3/h9-10,14H,6-8,11-12H2,1-5H3,(H,19,20). The molecule has 0 amide bonds. The molecule has 0 aromatic heterocycles. The highest BCUT2D eigenvalue weighted by atomic mass is 32.2. The van der Waals surface area contributed by atoms with Gasteiger partial charge >= 0.3 is 0 Å². The van der Waals surface area contributed by atoms with Crippen LogP contribution in [0.15, 0.2) is 17.1 Å². The lowest BCUT2D eigenvalue weighted by Crippen LogP contribution is -2.47. The van der Waals surface area contributed by atoms with Crippen molar-refractivity contribution >= 4 is 17.7 Å². The van der Waals surface area contributed by atoms with Crippen LogP contribution in [0.25, 0.3) is 0 Å². The van der Waals surface area contributed by atoms with E-state index in [0.717, 1.165) is 36.1 Å². The van der Waals surface area contributed by atoms with Crippen LogP contribution >= 0.6 is 11.8 Å². The smallest absolute Gasteiger partial charge is 0.193 e. The monoisotopic (exact) mass is 367 g/mol. The van der Waals surface area contributed by atoms with E-state index in [0.29, 0.717) is 23.3 Å². The van der Waals surface area contributed by atoms with Crippen molar-refractivity contribution in [3.05, 3.63) is 17.7 Å². The molecule has 140 valence electrons. The van der Waals surface area contributed by atoms with Crippen LogP contribution in [0.3, 0.4) is 0 Å². The predicted octanol–water partition coefficient (Wildman–Crippen LogP) is 2.62. The highest BCUT2D eigenvalue weighted by Crippen LogP contribution is 2.34. The van der Waals surface area contributed by atoms with Crippen LogP contribution in [-0.4, -0.2) is 63.3 Å². The second-order valence-corrected chi connectivity index (χ2v) is 7.18. The second kappa shape index (κ2) is 9.65. The van der Waals surface area contributed by atoms with E-state index in [2.05, 4.69) is 22.1 Å². The Labute approximate surface area is 154 Å². The third-order valence-electron chi connectivity index (χ3n) is 4.33. The van der Waals surface area contributed by atoms with Crippen LogP contribution in [-0.2, 0) is 6.54 Å². The van der Waals surface area contributed by atoms with Gasteiger partial charge in [-0.2, -0.15) is 11.8 Å². The number of methoxy groups -OCH3 is 3. The van der Waals surface area contributed by atoms with Gasteiger partial charge in [0.25, 0.3) is 0 Å². The summed E-state index contributed by atoms with van der Waals surface area (Å²) in [6.07, 6.45) is 1.18. The molecule has 1 aromatic carbocycles. The first-order valence-electron chi connectivity index (χ1n) is 8.52. The number of hydrogen-bond donors (Lipinski definition) is 1. The lowest BCUT2D eigenvalue weighted by atomic mass is 10.1. The van der Waals surface area contributed by atoms with Crippen molar-refractivity contribution in [3.63, 3.8) is 0 Å². The lowest BCUT2D eigenvalue weighted by molar-refractivity contribution is 0.347. The van der Waals surface area contributed by atoms with E-state index in [1.54, 1.807) is 21.3 Å². The molecule has 1 atom stereocenters. The molecule has 0 bridgehead atoms. The molecule has 1 aliphatic heterocycles. The molecule has 0 saturated carbocycles. The average molecular weight is 368 g/mol. The van der Waals surface area contributed by atoms with Crippen LogP contribution in [0.2, 0.25) is 0 Å². The quantitative estimate of drug-likeness (QED) is 0.616. The summed E-state index contributed by atoms with van der Waals surface area (Å²) in [5.74, 6) is 4.18. The molecule has 1 aromatic rings. The van der Waals surface area contributed by atoms with Crippen molar-refractivity contribution < 1.29 is 14.2 Å². The Hall–Kier alpha value is -1.76. The number of benzene rings is 1. The molecule has 2 rings (SSSR count). The molecule has 1 unspecified atom stereocenters. The van der Waals surface area contributed by atoms with Gasteiger partial charge in [-0.25, -0.2) is 0 Å². The fourth-order valence-corrected chi connectivity index (χ4v) is 4.08. The SMILES string of the molecule is CCC1CN(C(=NC)NCc2cc(OC)c(OC)cc2OC)CCS1. The summed E-state index contributed by atoms with van der Waals surface area (Å²) in [5, 5.41) is 4.12. The van der Waals surface area contributed by atoms with Crippen LogP contribution < -0.4 is 19.5 Å². The lowest BCUT2D eigenvalue weighted by Gasteiger charge is -2.34. The van der Waals surface area contributed by atoms with Gasteiger partial charge in [-0.15, -0.1) is 0 Å². The third-order valence-corrected chi connectivity index (χ3v) is 5.70. The number of nitrogens with one attached hydrogen (secondary N) is 1. The minimum Gasteiger partial charge on any atom is -0.496 e. The van der Waals surface area contributed by atoms with Crippen molar-refractivity contribution in [3.8, 4) is 17.2 Å². The highest BCUT2D eigenvalue weighted by Gasteiger charge is 2.21. The Bertz CT molecular complexity index is 595. The molecule has 1 aliphatic rings. The first-order valence-corrected chi connectivity index (χ1v) is 9.57. The molecular formula is C18H29N3O3S. The van der Waals surface area contributed by atoms with E-state index in [9.17, 15) is 0 Å². The van der Waals surface area contributed by atoms with Gasteiger partial charge in [-0.3, -0.25) is 4.99 Å². The Morgan fingerprint density at radius 3 is 2.48 bits per heavy atom. The van der Waals surface area contributed by atoms with Gasteiger partial charge in [0, 0.05) is 49.3 Å². The van der Waals surface area contributed by atoms with E-state index in [1.807, 2.05) is 30.9 Å². The summed E-state index contributed by atoms with van der Waals surface area (Å²) in [7, 11) is 6.75. The van der Waals surface area contributed by atoms with Crippen molar-refractivity contribution in [1.82, 2.24) is 10.2 Å². The van der Waals surface area contributed by atoms with E-state index in [-0.39, 0.29) is 0 Å². The van der Waals surface area contributed by atoms with Gasteiger partial charge in [0.15, 0.2) is 17.5 Å². The number of ether oxygens (including phenoxy) is 3. The zero-order valence-electron chi connectivity index (χ0n) is 15.8. The zero-order chi connectivity index (χ0) is 18.2. The van der Waals surface area contributed by atoms with E-state index >= 15 is 0 Å². The first kappa shape index (κ1) is 19.6. The highest BCUT2D eigenvalue weighted by molar-refractivity contribution is 8.00. The molecule has 0 spiro atoms. The molecule has 1 fully saturated rings. The summed E-state index contributed by atoms with van der Waals surface area (Å²) in [5.41, 5.74) is 1.000. The number of hydrogen-bond acceptors (Lipinski definition) is 5.